The number of carbonyl (C=O) groups is 1. The SMILES string of the molecule is O=C(c1ccc(OCc2ccccc2)cc1F)C(F)F. The third kappa shape index (κ3) is 3.38. The normalized spacial score (nSPS) is 10.6. The topological polar surface area (TPSA) is 26.3 Å². The third-order valence-electron chi connectivity index (χ3n) is 2.65. The van der Waals surface area contributed by atoms with Crippen molar-refractivity contribution in [2.45, 2.75) is 13.0 Å². The van der Waals surface area contributed by atoms with E-state index in [2.05, 4.69) is 0 Å². The van der Waals surface area contributed by atoms with Crippen LogP contribution in [0.15, 0.2) is 48.5 Å². The molecule has 104 valence electrons. The zero-order chi connectivity index (χ0) is 14.5. The molecule has 0 N–H and O–H groups in total. The largest absolute Gasteiger partial charge is 0.489 e. The van der Waals surface area contributed by atoms with Gasteiger partial charge in [-0.3, -0.25) is 4.79 Å². The third-order valence-corrected chi connectivity index (χ3v) is 2.65. The maximum Gasteiger partial charge on any atom is 0.300 e. The van der Waals surface area contributed by atoms with Gasteiger partial charge in [0, 0.05) is 6.07 Å². The van der Waals surface area contributed by atoms with Crippen LogP contribution < -0.4 is 4.74 Å². The van der Waals surface area contributed by atoms with Gasteiger partial charge in [-0.25, -0.2) is 13.2 Å². The molecule has 0 aliphatic heterocycles. The van der Waals surface area contributed by atoms with E-state index in [1.165, 1.54) is 6.07 Å². The van der Waals surface area contributed by atoms with Crippen LogP contribution in [0.5, 0.6) is 5.75 Å². The minimum Gasteiger partial charge on any atom is -0.489 e. The van der Waals surface area contributed by atoms with Crippen LogP contribution in [0.1, 0.15) is 15.9 Å². The van der Waals surface area contributed by atoms with Gasteiger partial charge in [0.05, 0.1) is 5.56 Å². The van der Waals surface area contributed by atoms with E-state index in [4.69, 9.17) is 4.74 Å². The van der Waals surface area contributed by atoms with Gasteiger partial charge in [-0.05, 0) is 17.7 Å². The van der Waals surface area contributed by atoms with Crippen molar-refractivity contribution in [3.8, 4) is 5.75 Å². The summed E-state index contributed by atoms with van der Waals surface area (Å²) in [7, 11) is 0. The van der Waals surface area contributed by atoms with E-state index in [0.717, 1.165) is 17.7 Å². The molecule has 2 rings (SSSR count). The molecule has 0 fully saturated rings. The van der Waals surface area contributed by atoms with Crippen molar-refractivity contribution in [1.82, 2.24) is 0 Å². The molecule has 0 unspecified atom stereocenters. The highest BCUT2D eigenvalue weighted by Crippen LogP contribution is 2.20. The first-order valence-corrected chi connectivity index (χ1v) is 5.86. The number of benzene rings is 2. The molecule has 0 heterocycles. The van der Waals surface area contributed by atoms with Crippen molar-refractivity contribution in [2.75, 3.05) is 0 Å². The molecule has 2 aromatic carbocycles. The Morgan fingerprint density at radius 2 is 1.80 bits per heavy atom. The quantitative estimate of drug-likeness (QED) is 0.777. The summed E-state index contributed by atoms with van der Waals surface area (Å²) in [5.41, 5.74) is 0.257. The van der Waals surface area contributed by atoms with E-state index in [1.807, 2.05) is 30.3 Å². The summed E-state index contributed by atoms with van der Waals surface area (Å²) in [5, 5.41) is 0. The number of alkyl halides is 2. The number of halogens is 3. The smallest absolute Gasteiger partial charge is 0.300 e. The molecule has 2 nitrogen and oxygen atoms in total. The van der Waals surface area contributed by atoms with Gasteiger partial charge >= 0.3 is 6.43 Å². The van der Waals surface area contributed by atoms with E-state index in [-0.39, 0.29) is 12.4 Å². The lowest BCUT2D eigenvalue weighted by molar-refractivity contribution is 0.0674. The standard InChI is InChI=1S/C15H11F3O2/c16-13-8-11(6-7-12(13)14(19)15(17)18)20-9-10-4-2-1-3-5-10/h1-8,15H,9H2. The highest BCUT2D eigenvalue weighted by Gasteiger charge is 2.21. The average Bonchev–Trinajstić information content (AvgIpc) is 2.45. The minimum absolute atomic E-state index is 0.178. The summed E-state index contributed by atoms with van der Waals surface area (Å²) in [4.78, 5) is 11.0. The highest BCUT2D eigenvalue weighted by molar-refractivity contribution is 5.98. The zero-order valence-corrected chi connectivity index (χ0v) is 10.4. The molecular weight excluding hydrogens is 269 g/mol. The van der Waals surface area contributed by atoms with E-state index >= 15 is 0 Å². The maximum atomic E-state index is 13.6. The Balaban J connectivity index is 2.08. The van der Waals surface area contributed by atoms with Gasteiger partial charge in [0.1, 0.15) is 18.2 Å². The summed E-state index contributed by atoms with van der Waals surface area (Å²) < 4.78 is 43.3. The fourth-order valence-electron chi connectivity index (χ4n) is 1.64. The van der Waals surface area contributed by atoms with Crippen LogP contribution in [0.3, 0.4) is 0 Å². The van der Waals surface area contributed by atoms with Crippen molar-refractivity contribution in [3.63, 3.8) is 0 Å². The van der Waals surface area contributed by atoms with Gasteiger partial charge in [-0.15, -0.1) is 0 Å². The number of ether oxygens (including phenoxy) is 1. The predicted molar refractivity (Wildman–Crippen MR) is 67.5 cm³/mol. The van der Waals surface area contributed by atoms with Gasteiger partial charge in [0.2, 0.25) is 5.78 Å². The maximum absolute atomic E-state index is 13.6. The second-order valence-corrected chi connectivity index (χ2v) is 4.08. The van der Waals surface area contributed by atoms with Crippen molar-refractivity contribution in [2.24, 2.45) is 0 Å². The Bertz CT molecular complexity index is 597. The molecular formula is C15H11F3O2. The molecule has 20 heavy (non-hydrogen) atoms. The Morgan fingerprint density at radius 1 is 1.10 bits per heavy atom. The van der Waals surface area contributed by atoms with Crippen LogP contribution in [0, 0.1) is 5.82 Å². The minimum atomic E-state index is -3.22. The molecule has 0 aromatic heterocycles. The monoisotopic (exact) mass is 280 g/mol. The highest BCUT2D eigenvalue weighted by atomic mass is 19.3. The first-order valence-electron chi connectivity index (χ1n) is 5.86. The van der Waals surface area contributed by atoms with Crippen LogP contribution in [-0.2, 0) is 6.61 Å². The molecule has 0 spiro atoms. The Labute approximate surface area is 113 Å². The van der Waals surface area contributed by atoms with Crippen LogP contribution in [0.4, 0.5) is 13.2 Å². The van der Waals surface area contributed by atoms with Gasteiger partial charge in [-0.1, -0.05) is 30.3 Å². The summed E-state index contributed by atoms with van der Waals surface area (Å²) in [5.74, 6) is -2.37. The van der Waals surface area contributed by atoms with Gasteiger partial charge < -0.3 is 4.74 Å². The lowest BCUT2D eigenvalue weighted by atomic mass is 10.1. The zero-order valence-electron chi connectivity index (χ0n) is 10.4. The first kappa shape index (κ1) is 14.1. The molecule has 0 atom stereocenters. The van der Waals surface area contributed by atoms with E-state index in [0.29, 0.717) is 0 Å². The van der Waals surface area contributed by atoms with Crippen molar-refractivity contribution >= 4 is 5.78 Å². The number of Topliss-reactive ketones (excluding diaryl/α,β-unsaturated/α-hetero) is 1. The van der Waals surface area contributed by atoms with Crippen molar-refractivity contribution in [3.05, 3.63) is 65.5 Å². The summed E-state index contributed by atoms with van der Waals surface area (Å²) >= 11 is 0. The second kappa shape index (κ2) is 6.23. The molecule has 0 aliphatic carbocycles. The van der Waals surface area contributed by atoms with Gasteiger partial charge in [-0.2, -0.15) is 0 Å². The lowest BCUT2D eigenvalue weighted by Gasteiger charge is -2.08. The Morgan fingerprint density at radius 3 is 2.40 bits per heavy atom. The molecule has 0 aliphatic rings. The summed E-state index contributed by atoms with van der Waals surface area (Å²) in [6.45, 7) is 0.225. The number of ketones is 1. The summed E-state index contributed by atoms with van der Waals surface area (Å²) in [6, 6.07) is 12.4. The number of rotatable bonds is 5. The average molecular weight is 280 g/mol. The van der Waals surface area contributed by atoms with Crippen molar-refractivity contribution < 1.29 is 22.7 Å². The second-order valence-electron chi connectivity index (χ2n) is 4.08. The molecule has 0 bridgehead atoms. The Hall–Kier alpha value is -2.30. The van der Waals surface area contributed by atoms with Crippen LogP contribution in [0.2, 0.25) is 0 Å². The fraction of sp³-hybridized carbons (Fsp3) is 0.133. The van der Waals surface area contributed by atoms with E-state index in [9.17, 15) is 18.0 Å². The lowest BCUT2D eigenvalue weighted by Crippen LogP contribution is -2.12. The van der Waals surface area contributed by atoms with Crippen LogP contribution in [0.25, 0.3) is 0 Å². The Kier molecular flexibility index (Phi) is 4.40. The van der Waals surface area contributed by atoms with Crippen molar-refractivity contribution in [1.29, 1.82) is 0 Å². The summed E-state index contributed by atoms with van der Waals surface area (Å²) in [6.07, 6.45) is -3.22. The van der Waals surface area contributed by atoms with Crippen LogP contribution in [-0.4, -0.2) is 12.2 Å². The molecule has 0 saturated carbocycles. The fourth-order valence-corrected chi connectivity index (χ4v) is 1.64. The van der Waals surface area contributed by atoms with E-state index < -0.39 is 23.6 Å². The molecule has 0 saturated heterocycles. The van der Waals surface area contributed by atoms with Gasteiger partial charge in [0.25, 0.3) is 0 Å². The van der Waals surface area contributed by atoms with E-state index in [1.54, 1.807) is 0 Å². The molecule has 2 aromatic rings. The number of hydrogen-bond acceptors (Lipinski definition) is 2. The first-order chi connectivity index (χ1) is 9.58. The predicted octanol–water partition coefficient (Wildman–Crippen LogP) is 3.85. The number of hydrogen-bond donors (Lipinski definition) is 0. The molecule has 0 amide bonds. The molecule has 5 heteroatoms. The number of carbonyl (C=O) groups excluding carboxylic acids is 1. The van der Waals surface area contributed by atoms with Gasteiger partial charge in [0.15, 0.2) is 0 Å². The van der Waals surface area contributed by atoms with Crippen LogP contribution >= 0.6 is 0 Å². The molecule has 0 radical (unpaired) electrons.